The quantitative estimate of drug-likeness (QED) is 0.585. The van der Waals surface area contributed by atoms with Crippen molar-refractivity contribution in [1.82, 2.24) is 10.1 Å². The van der Waals surface area contributed by atoms with Crippen molar-refractivity contribution in [3.05, 3.63) is 63.4 Å². The summed E-state index contributed by atoms with van der Waals surface area (Å²) in [6.45, 7) is 2.43. The molecule has 0 aliphatic carbocycles. The first-order chi connectivity index (χ1) is 12.5. The van der Waals surface area contributed by atoms with Crippen LogP contribution in [0.4, 0.5) is 5.69 Å². The minimum atomic E-state index is -0.126. The monoisotopic (exact) mass is 431 g/mol. The van der Waals surface area contributed by atoms with Crippen molar-refractivity contribution in [3.8, 4) is 11.4 Å². The van der Waals surface area contributed by atoms with Gasteiger partial charge in [-0.15, -0.1) is 0 Å². The van der Waals surface area contributed by atoms with Crippen LogP contribution in [-0.4, -0.2) is 22.6 Å². The van der Waals surface area contributed by atoms with E-state index in [9.17, 15) is 4.79 Å². The lowest BCUT2D eigenvalue weighted by Gasteiger charge is -2.17. The van der Waals surface area contributed by atoms with E-state index in [0.717, 1.165) is 21.3 Å². The van der Waals surface area contributed by atoms with Crippen molar-refractivity contribution in [2.45, 2.75) is 19.3 Å². The van der Waals surface area contributed by atoms with Crippen molar-refractivity contribution in [3.63, 3.8) is 0 Å². The molecule has 26 heavy (non-hydrogen) atoms. The van der Waals surface area contributed by atoms with E-state index < -0.39 is 0 Å². The van der Waals surface area contributed by atoms with Crippen LogP contribution in [-0.2, 0) is 4.79 Å². The SMILES string of the molecule is Cc1ccc(N2CC(c3nc(-c4ccc(Br)cc4)no3)CC2=O)cc1Cl. The van der Waals surface area contributed by atoms with Crippen LogP contribution in [0, 0.1) is 6.92 Å². The van der Waals surface area contributed by atoms with E-state index in [1.807, 2.05) is 49.4 Å². The van der Waals surface area contributed by atoms with Gasteiger partial charge in [0.2, 0.25) is 17.6 Å². The fraction of sp³-hybridized carbons (Fsp3) is 0.211. The van der Waals surface area contributed by atoms with Gasteiger partial charge >= 0.3 is 0 Å². The Labute approximate surface area is 164 Å². The van der Waals surface area contributed by atoms with E-state index in [1.165, 1.54) is 0 Å². The zero-order chi connectivity index (χ0) is 18.3. The first kappa shape index (κ1) is 17.2. The molecule has 0 radical (unpaired) electrons. The van der Waals surface area contributed by atoms with Gasteiger partial charge in [0.25, 0.3) is 0 Å². The van der Waals surface area contributed by atoms with E-state index in [4.69, 9.17) is 16.1 Å². The molecule has 2 heterocycles. The zero-order valence-electron chi connectivity index (χ0n) is 13.9. The summed E-state index contributed by atoms with van der Waals surface area (Å²) in [7, 11) is 0. The van der Waals surface area contributed by atoms with Crippen molar-refractivity contribution in [2.75, 3.05) is 11.4 Å². The first-order valence-electron chi connectivity index (χ1n) is 8.17. The molecule has 1 saturated heterocycles. The highest BCUT2D eigenvalue weighted by molar-refractivity contribution is 9.10. The van der Waals surface area contributed by atoms with Gasteiger partial charge in [0.1, 0.15) is 0 Å². The van der Waals surface area contributed by atoms with Gasteiger partial charge in [-0.3, -0.25) is 4.79 Å². The summed E-state index contributed by atoms with van der Waals surface area (Å²) in [5, 5.41) is 4.70. The molecule has 1 aliphatic heterocycles. The van der Waals surface area contributed by atoms with Crippen LogP contribution in [0.3, 0.4) is 0 Å². The molecule has 4 rings (SSSR count). The number of benzene rings is 2. The molecule has 1 unspecified atom stereocenters. The Balaban J connectivity index is 1.55. The minimum absolute atomic E-state index is 0.0262. The average molecular weight is 433 g/mol. The zero-order valence-corrected chi connectivity index (χ0v) is 16.3. The van der Waals surface area contributed by atoms with Crippen LogP contribution < -0.4 is 4.90 Å². The van der Waals surface area contributed by atoms with Crippen molar-refractivity contribution >= 4 is 39.1 Å². The predicted molar refractivity (Wildman–Crippen MR) is 103 cm³/mol. The molecular weight excluding hydrogens is 418 g/mol. The number of halogens is 2. The number of aromatic nitrogens is 2. The van der Waals surface area contributed by atoms with Crippen LogP contribution >= 0.6 is 27.5 Å². The normalized spacial score (nSPS) is 17.1. The average Bonchev–Trinajstić information content (AvgIpc) is 3.25. The first-order valence-corrected chi connectivity index (χ1v) is 9.34. The van der Waals surface area contributed by atoms with Crippen LogP contribution in [0.2, 0.25) is 5.02 Å². The fourth-order valence-corrected chi connectivity index (χ4v) is 3.43. The lowest BCUT2D eigenvalue weighted by atomic mass is 10.1. The summed E-state index contributed by atoms with van der Waals surface area (Å²) in [5.74, 6) is 0.909. The summed E-state index contributed by atoms with van der Waals surface area (Å²) < 4.78 is 6.42. The van der Waals surface area contributed by atoms with Gasteiger partial charge in [0.05, 0.1) is 5.92 Å². The standard InChI is InChI=1S/C19H15BrClN3O2/c1-11-2-7-15(9-16(11)21)24-10-13(8-17(24)25)19-22-18(23-26-19)12-3-5-14(20)6-4-12/h2-7,9,13H,8,10H2,1H3. The van der Waals surface area contributed by atoms with E-state index >= 15 is 0 Å². The Morgan fingerprint density at radius 1 is 1.23 bits per heavy atom. The highest BCUT2D eigenvalue weighted by Gasteiger charge is 2.35. The molecule has 0 N–H and O–H groups in total. The predicted octanol–water partition coefficient (Wildman–Crippen LogP) is 4.98. The summed E-state index contributed by atoms with van der Waals surface area (Å²) in [5.41, 5.74) is 2.64. The highest BCUT2D eigenvalue weighted by atomic mass is 79.9. The van der Waals surface area contributed by atoms with Gasteiger partial charge in [-0.25, -0.2) is 0 Å². The van der Waals surface area contributed by atoms with Gasteiger partial charge in [-0.2, -0.15) is 4.98 Å². The summed E-state index contributed by atoms with van der Waals surface area (Å²) >= 11 is 9.60. The van der Waals surface area contributed by atoms with E-state index in [-0.39, 0.29) is 11.8 Å². The van der Waals surface area contributed by atoms with Gasteiger partial charge in [0, 0.05) is 33.7 Å². The van der Waals surface area contributed by atoms with Gasteiger partial charge in [0.15, 0.2) is 0 Å². The van der Waals surface area contributed by atoms with Gasteiger partial charge in [-0.1, -0.05) is 38.8 Å². The second kappa shape index (κ2) is 6.85. The van der Waals surface area contributed by atoms with Crippen molar-refractivity contribution in [2.24, 2.45) is 0 Å². The number of carbonyl (C=O) groups is 1. The Hall–Kier alpha value is -2.18. The Morgan fingerprint density at radius 3 is 2.73 bits per heavy atom. The second-order valence-electron chi connectivity index (χ2n) is 6.30. The third-order valence-corrected chi connectivity index (χ3v) is 5.42. The summed E-state index contributed by atoms with van der Waals surface area (Å²) in [4.78, 5) is 18.7. The fourth-order valence-electron chi connectivity index (χ4n) is 2.99. The molecule has 0 spiro atoms. The number of amides is 1. The van der Waals surface area contributed by atoms with Gasteiger partial charge < -0.3 is 9.42 Å². The van der Waals surface area contributed by atoms with Crippen LogP contribution in [0.1, 0.15) is 23.8 Å². The molecule has 132 valence electrons. The third kappa shape index (κ3) is 3.27. The molecule has 3 aromatic rings. The largest absolute Gasteiger partial charge is 0.339 e. The van der Waals surface area contributed by atoms with Crippen LogP contribution in [0.25, 0.3) is 11.4 Å². The number of aryl methyl sites for hydroxylation is 1. The maximum absolute atomic E-state index is 12.5. The molecule has 5 nitrogen and oxygen atoms in total. The number of rotatable bonds is 3. The van der Waals surface area contributed by atoms with E-state index in [0.29, 0.717) is 29.7 Å². The van der Waals surface area contributed by atoms with Crippen molar-refractivity contribution in [1.29, 1.82) is 0 Å². The number of hydrogen-bond acceptors (Lipinski definition) is 4. The smallest absolute Gasteiger partial charge is 0.232 e. The summed E-state index contributed by atoms with van der Waals surface area (Å²) in [6, 6.07) is 13.3. The number of anilines is 1. The summed E-state index contributed by atoms with van der Waals surface area (Å²) in [6.07, 6.45) is 0.341. The molecule has 0 bridgehead atoms. The molecule has 0 saturated carbocycles. The lowest BCUT2D eigenvalue weighted by molar-refractivity contribution is -0.117. The molecule has 1 aromatic heterocycles. The minimum Gasteiger partial charge on any atom is -0.339 e. The maximum Gasteiger partial charge on any atom is 0.232 e. The second-order valence-corrected chi connectivity index (χ2v) is 7.62. The molecular formula is C19H15BrClN3O2. The molecule has 1 atom stereocenters. The van der Waals surface area contributed by atoms with Crippen LogP contribution in [0.15, 0.2) is 51.5 Å². The molecule has 1 fully saturated rings. The van der Waals surface area contributed by atoms with Crippen LogP contribution in [0.5, 0.6) is 0 Å². The van der Waals surface area contributed by atoms with Gasteiger partial charge in [-0.05, 0) is 48.9 Å². The Bertz CT molecular complexity index is 971. The number of carbonyl (C=O) groups excluding carboxylic acids is 1. The molecule has 2 aromatic carbocycles. The Morgan fingerprint density at radius 2 is 2.00 bits per heavy atom. The van der Waals surface area contributed by atoms with E-state index in [2.05, 4.69) is 26.1 Å². The van der Waals surface area contributed by atoms with Crippen molar-refractivity contribution < 1.29 is 9.32 Å². The molecule has 1 amide bonds. The maximum atomic E-state index is 12.5. The third-order valence-electron chi connectivity index (χ3n) is 4.49. The number of hydrogen-bond donors (Lipinski definition) is 0. The Kier molecular flexibility index (Phi) is 4.54. The highest BCUT2D eigenvalue weighted by Crippen LogP contribution is 2.33. The lowest BCUT2D eigenvalue weighted by Crippen LogP contribution is -2.24. The topological polar surface area (TPSA) is 59.2 Å². The number of nitrogens with zero attached hydrogens (tertiary/aromatic N) is 3. The molecule has 7 heteroatoms. The molecule has 1 aliphatic rings. The van der Waals surface area contributed by atoms with E-state index in [1.54, 1.807) is 4.90 Å².